The number of halogens is 1. The largest absolute Gasteiger partial charge is 0.497 e. The highest BCUT2D eigenvalue weighted by Crippen LogP contribution is 2.36. The summed E-state index contributed by atoms with van der Waals surface area (Å²) in [6, 6.07) is 15.0. The molecule has 1 fully saturated rings. The van der Waals surface area contributed by atoms with Crippen molar-refractivity contribution in [2.75, 3.05) is 31.8 Å². The molecule has 35 heavy (non-hydrogen) atoms. The van der Waals surface area contributed by atoms with Crippen LogP contribution in [0, 0.1) is 5.82 Å². The summed E-state index contributed by atoms with van der Waals surface area (Å²) in [6.45, 7) is 0. The zero-order chi connectivity index (χ0) is 24.4. The molecule has 1 saturated carbocycles. The van der Waals surface area contributed by atoms with E-state index in [-0.39, 0.29) is 11.9 Å². The van der Waals surface area contributed by atoms with E-state index in [1.54, 1.807) is 31.5 Å². The number of hydrogen-bond donors (Lipinski definition) is 2. The molecule has 1 aliphatic carbocycles. The minimum atomic E-state index is -0.324. The second-order valence-electron chi connectivity index (χ2n) is 9.09. The van der Waals surface area contributed by atoms with Gasteiger partial charge in [0.15, 0.2) is 5.65 Å². The first kappa shape index (κ1) is 23.0. The van der Waals surface area contributed by atoms with Crippen LogP contribution in [-0.4, -0.2) is 51.7 Å². The van der Waals surface area contributed by atoms with Gasteiger partial charge in [-0.3, -0.25) is 4.57 Å². The lowest BCUT2D eigenvalue weighted by Gasteiger charge is -2.33. The van der Waals surface area contributed by atoms with Crippen LogP contribution in [0.1, 0.15) is 31.7 Å². The van der Waals surface area contributed by atoms with E-state index in [1.165, 1.54) is 6.07 Å². The molecule has 0 radical (unpaired) electrons. The number of nitrogens with zero attached hydrogens (tertiary/aromatic N) is 5. The molecule has 0 saturated heterocycles. The zero-order valence-corrected chi connectivity index (χ0v) is 20.2. The Morgan fingerprint density at radius 3 is 2.40 bits per heavy atom. The molecule has 0 bridgehead atoms. The lowest BCUT2D eigenvalue weighted by atomic mass is 9.90. The van der Waals surface area contributed by atoms with E-state index in [0.29, 0.717) is 29.1 Å². The van der Waals surface area contributed by atoms with Gasteiger partial charge in [-0.15, -0.1) is 0 Å². The van der Waals surface area contributed by atoms with E-state index in [9.17, 15) is 4.39 Å². The summed E-state index contributed by atoms with van der Waals surface area (Å²) >= 11 is 0. The summed E-state index contributed by atoms with van der Waals surface area (Å²) in [5.74, 6) is 1.51. The molecule has 0 atom stereocenters. The predicted octanol–water partition coefficient (Wildman–Crippen LogP) is 5.51. The standard InChI is InChI=1S/C26H30FN7O/c1-33(2)18-10-12-19(13-11-18)34-24-23(31-26(34)30-22-7-5-4-6-21(22)27)16-28-25(32-24)29-17-8-14-20(35-3)15-9-17/h4-9,14-16,18-19H,10-13H2,1-3H3,(H,30,31)(H,28,29,32). The highest BCUT2D eigenvalue weighted by Gasteiger charge is 2.28. The lowest BCUT2D eigenvalue weighted by molar-refractivity contribution is 0.197. The van der Waals surface area contributed by atoms with E-state index in [2.05, 4.69) is 39.2 Å². The number of anilines is 4. The Morgan fingerprint density at radius 2 is 1.71 bits per heavy atom. The molecule has 0 aliphatic heterocycles. The van der Waals surface area contributed by atoms with Gasteiger partial charge in [-0.2, -0.15) is 4.98 Å². The number of hydrogen-bond acceptors (Lipinski definition) is 7. The van der Waals surface area contributed by atoms with Gasteiger partial charge in [0.25, 0.3) is 0 Å². The second kappa shape index (κ2) is 9.87. The third-order valence-corrected chi connectivity index (χ3v) is 6.66. The van der Waals surface area contributed by atoms with Crippen LogP contribution in [-0.2, 0) is 0 Å². The minimum Gasteiger partial charge on any atom is -0.497 e. The number of methoxy groups -OCH3 is 1. The van der Waals surface area contributed by atoms with Crippen molar-refractivity contribution >= 4 is 34.4 Å². The van der Waals surface area contributed by atoms with Gasteiger partial charge < -0.3 is 20.3 Å². The van der Waals surface area contributed by atoms with Crippen molar-refractivity contribution < 1.29 is 9.13 Å². The van der Waals surface area contributed by atoms with Gasteiger partial charge in [-0.05, 0) is 76.2 Å². The van der Waals surface area contributed by atoms with Crippen molar-refractivity contribution in [3.05, 3.63) is 60.5 Å². The van der Waals surface area contributed by atoms with Crippen molar-refractivity contribution in [2.24, 2.45) is 0 Å². The van der Waals surface area contributed by atoms with Crippen LogP contribution in [0.15, 0.2) is 54.7 Å². The minimum absolute atomic E-state index is 0.203. The van der Waals surface area contributed by atoms with Crippen molar-refractivity contribution in [1.82, 2.24) is 24.4 Å². The first-order valence-electron chi connectivity index (χ1n) is 11.9. The van der Waals surface area contributed by atoms with Gasteiger partial charge in [0.2, 0.25) is 11.9 Å². The first-order chi connectivity index (χ1) is 17.0. The highest BCUT2D eigenvalue weighted by atomic mass is 19.1. The second-order valence-corrected chi connectivity index (χ2v) is 9.09. The van der Waals surface area contributed by atoms with Crippen molar-refractivity contribution in [2.45, 2.75) is 37.8 Å². The molecule has 182 valence electrons. The van der Waals surface area contributed by atoms with Crippen LogP contribution in [0.3, 0.4) is 0 Å². The van der Waals surface area contributed by atoms with E-state index >= 15 is 0 Å². The third kappa shape index (κ3) is 4.90. The first-order valence-corrected chi connectivity index (χ1v) is 11.9. The fourth-order valence-corrected chi connectivity index (χ4v) is 4.70. The molecule has 5 rings (SSSR count). The Bertz CT molecular complexity index is 1300. The quantitative estimate of drug-likeness (QED) is 0.365. The van der Waals surface area contributed by atoms with Gasteiger partial charge in [0.05, 0.1) is 19.0 Å². The van der Waals surface area contributed by atoms with Gasteiger partial charge in [-0.25, -0.2) is 14.4 Å². The molecule has 9 heteroatoms. The number of imidazole rings is 1. The van der Waals surface area contributed by atoms with Crippen molar-refractivity contribution in [3.63, 3.8) is 0 Å². The van der Waals surface area contributed by atoms with E-state index < -0.39 is 0 Å². The molecule has 2 heterocycles. The number of fused-ring (bicyclic) bond motifs is 1. The Morgan fingerprint density at radius 1 is 0.971 bits per heavy atom. The Kier molecular flexibility index (Phi) is 6.50. The smallest absolute Gasteiger partial charge is 0.229 e. The van der Waals surface area contributed by atoms with Crippen LogP contribution in [0.5, 0.6) is 5.75 Å². The van der Waals surface area contributed by atoms with Crippen LogP contribution in [0.4, 0.5) is 27.7 Å². The normalized spacial score (nSPS) is 18.1. The molecule has 0 amide bonds. The molecule has 8 nitrogen and oxygen atoms in total. The lowest BCUT2D eigenvalue weighted by Crippen LogP contribution is -2.33. The van der Waals surface area contributed by atoms with Crippen LogP contribution in [0.2, 0.25) is 0 Å². The molecule has 4 aromatic rings. The number of benzene rings is 2. The van der Waals surface area contributed by atoms with Gasteiger partial charge in [-0.1, -0.05) is 12.1 Å². The molecule has 2 N–H and O–H groups in total. The zero-order valence-electron chi connectivity index (χ0n) is 20.2. The SMILES string of the molecule is COc1ccc(Nc2ncc3nc(Nc4ccccc4F)n(C4CCC(N(C)C)CC4)c3n2)cc1. The van der Waals surface area contributed by atoms with Crippen LogP contribution in [0.25, 0.3) is 11.2 Å². The average Bonchev–Trinajstić information content (AvgIpc) is 3.23. The average molecular weight is 476 g/mol. The maximum Gasteiger partial charge on any atom is 0.229 e. The van der Waals surface area contributed by atoms with Gasteiger partial charge in [0, 0.05) is 17.8 Å². The molecular formula is C26H30FN7O. The fraction of sp³-hybridized carbons (Fsp3) is 0.346. The fourth-order valence-electron chi connectivity index (χ4n) is 4.70. The third-order valence-electron chi connectivity index (χ3n) is 6.66. The molecule has 2 aromatic heterocycles. The molecule has 0 spiro atoms. The predicted molar refractivity (Wildman–Crippen MR) is 136 cm³/mol. The summed E-state index contributed by atoms with van der Waals surface area (Å²) in [6.07, 6.45) is 5.86. The topological polar surface area (TPSA) is 80.1 Å². The Balaban J connectivity index is 1.51. The summed E-state index contributed by atoms with van der Waals surface area (Å²) in [5, 5.41) is 6.47. The summed E-state index contributed by atoms with van der Waals surface area (Å²) < 4.78 is 21.8. The number of rotatable bonds is 7. The maximum absolute atomic E-state index is 14.5. The number of ether oxygens (including phenoxy) is 1. The van der Waals surface area contributed by atoms with Gasteiger partial charge >= 0.3 is 0 Å². The van der Waals surface area contributed by atoms with Crippen LogP contribution < -0.4 is 15.4 Å². The summed E-state index contributed by atoms with van der Waals surface area (Å²) in [5.41, 5.74) is 2.63. The van der Waals surface area contributed by atoms with Crippen molar-refractivity contribution in [1.29, 1.82) is 0 Å². The Labute approximate surface area is 204 Å². The van der Waals surface area contributed by atoms with E-state index in [1.807, 2.05) is 24.3 Å². The van der Waals surface area contributed by atoms with Gasteiger partial charge in [0.1, 0.15) is 17.1 Å². The number of nitrogens with one attached hydrogen (secondary N) is 2. The monoisotopic (exact) mass is 475 g/mol. The summed E-state index contributed by atoms with van der Waals surface area (Å²) in [7, 11) is 5.90. The highest BCUT2D eigenvalue weighted by molar-refractivity contribution is 5.77. The van der Waals surface area contributed by atoms with Crippen molar-refractivity contribution in [3.8, 4) is 5.75 Å². The maximum atomic E-state index is 14.5. The Hall–Kier alpha value is -3.72. The molecule has 0 unspecified atom stereocenters. The number of para-hydroxylation sites is 1. The molecule has 1 aliphatic rings. The van der Waals surface area contributed by atoms with E-state index in [0.717, 1.165) is 42.8 Å². The van der Waals surface area contributed by atoms with E-state index in [4.69, 9.17) is 14.7 Å². The molecule has 2 aromatic carbocycles. The molecular weight excluding hydrogens is 445 g/mol. The number of aromatic nitrogens is 4. The summed E-state index contributed by atoms with van der Waals surface area (Å²) in [4.78, 5) is 16.3. The van der Waals surface area contributed by atoms with Crippen LogP contribution >= 0.6 is 0 Å².